The lowest BCUT2D eigenvalue weighted by atomic mass is 9.84. The Morgan fingerprint density at radius 3 is 2.39 bits per heavy atom. The molecule has 0 N–H and O–H groups in total. The molecule has 6 nitrogen and oxygen atoms in total. The fourth-order valence-corrected chi connectivity index (χ4v) is 5.28. The van der Waals surface area contributed by atoms with E-state index in [2.05, 4.69) is 0 Å². The number of halogens is 3. The van der Waals surface area contributed by atoms with Crippen molar-refractivity contribution in [3.05, 3.63) is 35.1 Å². The molecule has 2 heterocycles. The average molecular weight is 419 g/mol. The van der Waals surface area contributed by atoms with Crippen molar-refractivity contribution < 1.29 is 26.4 Å². The largest absolute Gasteiger partial charge is 0.339 e. The summed E-state index contributed by atoms with van der Waals surface area (Å²) >= 11 is 0. The van der Waals surface area contributed by atoms with Crippen molar-refractivity contribution in [2.75, 3.05) is 33.7 Å². The van der Waals surface area contributed by atoms with Crippen molar-refractivity contribution in [1.82, 2.24) is 13.5 Å². The second-order valence-corrected chi connectivity index (χ2v) is 9.69. The van der Waals surface area contributed by atoms with E-state index in [9.17, 15) is 26.4 Å². The zero-order valence-corrected chi connectivity index (χ0v) is 16.7. The number of nitrogens with zero attached hydrogens (tertiary/aromatic N) is 3. The Balaban J connectivity index is 1.71. The van der Waals surface area contributed by atoms with E-state index >= 15 is 0 Å². The van der Waals surface area contributed by atoms with E-state index in [4.69, 9.17) is 0 Å². The number of fused-ring (bicyclic) bond motifs is 1. The van der Waals surface area contributed by atoms with Crippen LogP contribution in [0.15, 0.2) is 12.1 Å². The van der Waals surface area contributed by atoms with Crippen molar-refractivity contribution in [3.8, 4) is 0 Å². The molecule has 2 saturated heterocycles. The first-order chi connectivity index (χ1) is 13.1. The molecule has 2 aliphatic rings. The maximum Gasteiger partial charge on any atom is 0.281 e. The van der Waals surface area contributed by atoms with Gasteiger partial charge in [0, 0.05) is 39.8 Å². The Labute approximate surface area is 163 Å². The van der Waals surface area contributed by atoms with E-state index in [1.807, 2.05) is 0 Å². The Morgan fingerprint density at radius 2 is 1.79 bits per heavy atom. The van der Waals surface area contributed by atoms with E-state index in [-0.39, 0.29) is 29.9 Å². The van der Waals surface area contributed by atoms with Gasteiger partial charge in [-0.1, -0.05) is 0 Å². The van der Waals surface area contributed by atoms with Gasteiger partial charge in [0.2, 0.25) is 5.91 Å². The fourth-order valence-electron chi connectivity index (χ4n) is 4.11. The van der Waals surface area contributed by atoms with Gasteiger partial charge in [-0.05, 0) is 42.9 Å². The van der Waals surface area contributed by atoms with Gasteiger partial charge in [-0.25, -0.2) is 13.2 Å². The van der Waals surface area contributed by atoms with Crippen LogP contribution in [0.2, 0.25) is 0 Å². The number of hydrogen-bond donors (Lipinski definition) is 0. The van der Waals surface area contributed by atoms with E-state index in [0.717, 1.165) is 25.0 Å². The standard InChI is InChI=1S/C18H24F3N3O3S/c1-22(2)28(26,27)23-7-5-16-13(11-23)4-3-6-24(16)17(25)10-12-8-14(19)18(21)15(20)9-12/h8-9,13,16H,3-7,10-11H2,1-2H3/t13-,16+/m1/s1. The van der Waals surface area contributed by atoms with Gasteiger partial charge in [-0.3, -0.25) is 4.79 Å². The number of piperidine rings is 2. The van der Waals surface area contributed by atoms with Crippen molar-refractivity contribution >= 4 is 16.1 Å². The molecule has 10 heteroatoms. The molecule has 0 saturated carbocycles. The summed E-state index contributed by atoms with van der Waals surface area (Å²) in [5.74, 6) is -4.46. The lowest BCUT2D eigenvalue weighted by Gasteiger charge is -2.47. The maximum atomic E-state index is 13.4. The van der Waals surface area contributed by atoms with Crippen LogP contribution in [0.25, 0.3) is 0 Å². The second-order valence-electron chi connectivity index (χ2n) is 7.54. The summed E-state index contributed by atoms with van der Waals surface area (Å²) in [6.07, 6.45) is 1.83. The monoisotopic (exact) mass is 419 g/mol. The molecule has 0 aliphatic carbocycles. The lowest BCUT2D eigenvalue weighted by Crippen LogP contribution is -2.58. The molecule has 3 rings (SSSR count). The molecule has 156 valence electrons. The van der Waals surface area contributed by atoms with Gasteiger partial charge in [-0.2, -0.15) is 17.0 Å². The third kappa shape index (κ3) is 4.04. The minimum Gasteiger partial charge on any atom is -0.339 e. The number of likely N-dealkylation sites (tertiary alicyclic amines) is 1. The smallest absolute Gasteiger partial charge is 0.281 e. The zero-order valence-electron chi connectivity index (χ0n) is 15.9. The highest BCUT2D eigenvalue weighted by Crippen LogP contribution is 2.32. The molecule has 0 spiro atoms. The van der Waals surface area contributed by atoms with E-state index in [0.29, 0.717) is 26.1 Å². The highest BCUT2D eigenvalue weighted by atomic mass is 32.2. The van der Waals surface area contributed by atoms with Crippen LogP contribution in [0.3, 0.4) is 0 Å². The first-order valence-corrected chi connectivity index (χ1v) is 10.6. The molecule has 0 aromatic heterocycles. The number of benzene rings is 1. The Kier molecular flexibility index (Phi) is 6.02. The van der Waals surface area contributed by atoms with Gasteiger partial charge < -0.3 is 4.90 Å². The summed E-state index contributed by atoms with van der Waals surface area (Å²) in [5.41, 5.74) is 0.0798. The molecular weight excluding hydrogens is 395 g/mol. The number of hydrogen-bond acceptors (Lipinski definition) is 3. The summed E-state index contributed by atoms with van der Waals surface area (Å²) < 4.78 is 67.3. The summed E-state index contributed by atoms with van der Waals surface area (Å²) in [6.45, 7) is 1.17. The summed E-state index contributed by atoms with van der Waals surface area (Å²) in [6, 6.07) is 1.57. The molecule has 1 amide bonds. The van der Waals surface area contributed by atoms with E-state index < -0.39 is 27.7 Å². The minimum atomic E-state index is -3.51. The molecule has 2 aliphatic heterocycles. The normalized spacial score (nSPS) is 23.7. The highest BCUT2D eigenvalue weighted by Gasteiger charge is 2.41. The van der Waals surface area contributed by atoms with Crippen LogP contribution in [-0.2, 0) is 21.4 Å². The van der Waals surface area contributed by atoms with Gasteiger partial charge in [0.15, 0.2) is 17.5 Å². The van der Waals surface area contributed by atoms with Crippen LogP contribution in [0.5, 0.6) is 0 Å². The number of carbonyl (C=O) groups excluding carboxylic acids is 1. The molecule has 28 heavy (non-hydrogen) atoms. The summed E-state index contributed by atoms with van der Waals surface area (Å²) in [4.78, 5) is 14.5. The van der Waals surface area contributed by atoms with Crippen LogP contribution in [0.4, 0.5) is 13.2 Å². The SMILES string of the molecule is CN(C)S(=O)(=O)N1CC[C@H]2[C@H](CCCN2C(=O)Cc2cc(F)c(F)c(F)c2)C1. The van der Waals surface area contributed by atoms with Crippen molar-refractivity contribution in [2.45, 2.75) is 31.7 Å². The van der Waals surface area contributed by atoms with Crippen LogP contribution in [0, 0.1) is 23.4 Å². The van der Waals surface area contributed by atoms with Crippen LogP contribution < -0.4 is 0 Å². The van der Waals surface area contributed by atoms with Gasteiger partial charge in [-0.15, -0.1) is 0 Å². The molecule has 2 fully saturated rings. The molecular formula is C18H24F3N3O3S. The van der Waals surface area contributed by atoms with E-state index in [1.54, 1.807) is 4.90 Å². The Hall–Kier alpha value is -1.65. The lowest BCUT2D eigenvalue weighted by molar-refractivity contribution is -0.137. The summed E-state index contributed by atoms with van der Waals surface area (Å²) in [5, 5.41) is 0. The fraction of sp³-hybridized carbons (Fsp3) is 0.611. The predicted octanol–water partition coefficient (Wildman–Crippen LogP) is 1.77. The van der Waals surface area contributed by atoms with Crippen LogP contribution in [-0.4, -0.2) is 67.6 Å². The number of amides is 1. The molecule has 0 unspecified atom stereocenters. The van der Waals surface area contributed by atoms with Crippen LogP contribution in [0.1, 0.15) is 24.8 Å². The average Bonchev–Trinajstić information content (AvgIpc) is 2.64. The van der Waals surface area contributed by atoms with Gasteiger partial charge in [0.25, 0.3) is 10.2 Å². The minimum absolute atomic E-state index is 0.0165. The summed E-state index contributed by atoms with van der Waals surface area (Å²) in [7, 11) is -0.536. The first kappa shape index (κ1) is 21.1. The van der Waals surface area contributed by atoms with Crippen molar-refractivity contribution in [3.63, 3.8) is 0 Å². The maximum absolute atomic E-state index is 13.4. The zero-order chi connectivity index (χ0) is 20.6. The second kappa shape index (κ2) is 8.00. The van der Waals surface area contributed by atoms with E-state index in [1.165, 1.54) is 22.7 Å². The molecule has 1 aromatic carbocycles. The Bertz CT molecular complexity index is 840. The molecule has 1 aromatic rings. The third-order valence-electron chi connectivity index (χ3n) is 5.54. The third-order valence-corrected chi connectivity index (χ3v) is 7.44. The first-order valence-electron chi connectivity index (χ1n) is 9.21. The predicted molar refractivity (Wildman–Crippen MR) is 97.0 cm³/mol. The topological polar surface area (TPSA) is 60.9 Å². The number of carbonyl (C=O) groups is 1. The van der Waals surface area contributed by atoms with Gasteiger partial charge in [0.05, 0.1) is 6.42 Å². The van der Waals surface area contributed by atoms with Crippen LogP contribution >= 0.6 is 0 Å². The van der Waals surface area contributed by atoms with Gasteiger partial charge in [0.1, 0.15) is 0 Å². The van der Waals surface area contributed by atoms with Gasteiger partial charge >= 0.3 is 0 Å². The molecule has 0 radical (unpaired) electrons. The Morgan fingerprint density at radius 1 is 1.14 bits per heavy atom. The quantitative estimate of drug-likeness (QED) is 0.699. The van der Waals surface area contributed by atoms with Crippen molar-refractivity contribution in [1.29, 1.82) is 0 Å². The molecule has 0 bridgehead atoms. The number of rotatable bonds is 4. The highest BCUT2D eigenvalue weighted by molar-refractivity contribution is 7.86. The molecule has 2 atom stereocenters. The van der Waals surface area contributed by atoms with Crippen molar-refractivity contribution in [2.24, 2.45) is 5.92 Å².